The minimum atomic E-state index is -1.10. The van der Waals surface area contributed by atoms with Crippen LogP contribution in [-0.4, -0.2) is 69.9 Å². The maximum atomic E-state index is 13.4. The lowest BCUT2D eigenvalue weighted by molar-refractivity contribution is -0.152. The van der Waals surface area contributed by atoms with Crippen LogP contribution < -0.4 is 16.6 Å². The first-order chi connectivity index (χ1) is 17.3. The molecule has 1 aromatic carbocycles. The Bertz CT molecular complexity index is 1290. The van der Waals surface area contributed by atoms with E-state index in [0.717, 1.165) is 0 Å². The van der Waals surface area contributed by atoms with Gasteiger partial charge in [0.1, 0.15) is 11.1 Å². The summed E-state index contributed by atoms with van der Waals surface area (Å²) >= 11 is 0. The Hall–Kier alpha value is -3.73. The fourth-order valence-electron chi connectivity index (χ4n) is 4.52. The fourth-order valence-corrected chi connectivity index (χ4v) is 4.52. The molecule has 0 bridgehead atoms. The van der Waals surface area contributed by atoms with Crippen LogP contribution in [0.2, 0.25) is 0 Å². The number of methoxy groups -OCH3 is 1. The van der Waals surface area contributed by atoms with Gasteiger partial charge in [-0.25, -0.2) is 9.59 Å². The molecule has 2 atom stereocenters. The Morgan fingerprint density at radius 1 is 1.14 bits per heavy atom. The van der Waals surface area contributed by atoms with Gasteiger partial charge in [0.2, 0.25) is 0 Å². The van der Waals surface area contributed by atoms with Crippen molar-refractivity contribution in [2.75, 3.05) is 26.7 Å². The minimum absolute atomic E-state index is 0.189. The first-order valence-corrected chi connectivity index (χ1v) is 12.0. The lowest BCUT2D eigenvalue weighted by atomic mass is 9.97. The standard InChI is InChI=1S/C26H34N4O7/c1-17-15-29(24(35)30(20(17)31)21(32)18-10-8-7-9-11-18)19-14-26(5,22(33)36-6)28(16-19)13-12-27-23(34)37-25(2,3)4/h7-11,15,19H,12-14,16H2,1-6H3,(H,27,34)/t19-,26-/m0/s1. The van der Waals surface area contributed by atoms with E-state index in [9.17, 15) is 24.0 Å². The molecule has 0 unspecified atom stereocenters. The summed E-state index contributed by atoms with van der Waals surface area (Å²) in [5.41, 5.74) is -2.80. The van der Waals surface area contributed by atoms with Gasteiger partial charge in [-0.05, 0) is 53.2 Å². The number of esters is 1. The molecule has 0 radical (unpaired) electrons. The van der Waals surface area contributed by atoms with Crippen molar-refractivity contribution in [2.45, 2.75) is 58.2 Å². The molecule has 37 heavy (non-hydrogen) atoms. The van der Waals surface area contributed by atoms with Gasteiger partial charge in [0.15, 0.2) is 0 Å². The summed E-state index contributed by atoms with van der Waals surface area (Å²) in [6.07, 6.45) is 1.04. The molecule has 0 aliphatic carbocycles. The first kappa shape index (κ1) is 27.9. The molecule has 11 heteroatoms. The van der Waals surface area contributed by atoms with E-state index in [1.807, 2.05) is 4.90 Å². The Balaban J connectivity index is 1.91. The van der Waals surface area contributed by atoms with Crippen LogP contribution in [0.4, 0.5) is 4.79 Å². The van der Waals surface area contributed by atoms with E-state index in [1.165, 1.54) is 36.9 Å². The molecule has 1 aromatic heterocycles. The van der Waals surface area contributed by atoms with Gasteiger partial charge in [0, 0.05) is 37.0 Å². The summed E-state index contributed by atoms with van der Waals surface area (Å²) in [6, 6.07) is 7.55. The van der Waals surface area contributed by atoms with Crippen LogP contribution >= 0.6 is 0 Å². The number of likely N-dealkylation sites (tertiary alicyclic amines) is 1. The zero-order chi connectivity index (χ0) is 27.5. The van der Waals surface area contributed by atoms with Crippen molar-refractivity contribution in [2.24, 2.45) is 0 Å². The molecule has 1 aliphatic heterocycles. The lowest BCUT2D eigenvalue weighted by Gasteiger charge is -2.32. The molecule has 1 saturated heterocycles. The number of alkyl carbamates (subject to hydrolysis) is 1. The topological polar surface area (TPSA) is 129 Å². The number of aryl methyl sites for hydroxylation is 1. The van der Waals surface area contributed by atoms with Gasteiger partial charge in [-0.3, -0.25) is 23.9 Å². The third-order valence-corrected chi connectivity index (χ3v) is 6.34. The highest BCUT2D eigenvalue weighted by Gasteiger charge is 2.49. The summed E-state index contributed by atoms with van der Waals surface area (Å²) in [5, 5.41) is 2.67. The van der Waals surface area contributed by atoms with Crippen LogP contribution in [0, 0.1) is 6.92 Å². The van der Waals surface area contributed by atoms with Gasteiger partial charge in [-0.1, -0.05) is 18.2 Å². The Morgan fingerprint density at radius 2 is 1.78 bits per heavy atom. The number of ether oxygens (including phenoxy) is 2. The van der Waals surface area contributed by atoms with Crippen LogP contribution in [-0.2, 0) is 14.3 Å². The quantitative estimate of drug-likeness (QED) is 0.577. The van der Waals surface area contributed by atoms with Crippen LogP contribution in [0.3, 0.4) is 0 Å². The molecule has 3 rings (SSSR count). The van der Waals surface area contributed by atoms with E-state index in [4.69, 9.17) is 9.47 Å². The number of hydrogen-bond acceptors (Lipinski definition) is 8. The van der Waals surface area contributed by atoms with E-state index < -0.39 is 46.4 Å². The Kier molecular flexibility index (Phi) is 8.06. The molecule has 11 nitrogen and oxygen atoms in total. The molecule has 200 valence electrons. The van der Waals surface area contributed by atoms with Crippen molar-refractivity contribution in [3.63, 3.8) is 0 Å². The molecule has 1 amide bonds. The molecular weight excluding hydrogens is 480 g/mol. The monoisotopic (exact) mass is 514 g/mol. The number of amides is 1. The van der Waals surface area contributed by atoms with Gasteiger partial charge < -0.3 is 14.8 Å². The van der Waals surface area contributed by atoms with E-state index in [2.05, 4.69) is 5.32 Å². The first-order valence-electron chi connectivity index (χ1n) is 12.0. The molecular formula is C26H34N4O7. The second-order valence-corrected chi connectivity index (χ2v) is 10.3. The minimum Gasteiger partial charge on any atom is -0.468 e. The zero-order valence-electron chi connectivity index (χ0n) is 22.1. The molecule has 2 aromatic rings. The highest BCUT2D eigenvalue weighted by Crippen LogP contribution is 2.36. The van der Waals surface area contributed by atoms with Crippen molar-refractivity contribution in [1.29, 1.82) is 0 Å². The predicted molar refractivity (Wildman–Crippen MR) is 136 cm³/mol. The number of aromatic nitrogens is 2. The molecule has 1 N–H and O–H groups in total. The van der Waals surface area contributed by atoms with Crippen LogP contribution in [0.15, 0.2) is 46.1 Å². The van der Waals surface area contributed by atoms with E-state index >= 15 is 0 Å². The third-order valence-electron chi connectivity index (χ3n) is 6.34. The summed E-state index contributed by atoms with van der Waals surface area (Å²) in [6.45, 7) is 9.22. The number of rotatable bonds is 6. The predicted octanol–water partition coefficient (Wildman–Crippen LogP) is 1.71. The summed E-state index contributed by atoms with van der Waals surface area (Å²) in [4.78, 5) is 66.0. The number of carbonyl (C=O) groups excluding carboxylic acids is 3. The summed E-state index contributed by atoms with van der Waals surface area (Å²) in [7, 11) is 1.28. The zero-order valence-corrected chi connectivity index (χ0v) is 22.1. The van der Waals surface area contributed by atoms with Gasteiger partial charge in [0.25, 0.3) is 11.5 Å². The second kappa shape index (κ2) is 10.7. The number of nitrogens with one attached hydrogen (secondary N) is 1. The van der Waals surface area contributed by atoms with Crippen molar-refractivity contribution in [1.82, 2.24) is 19.4 Å². The number of carbonyl (C=O) groups is 3. The fraction of sp³-hybridized carbons (Fsp3) is 0.500. The lowest BCUT2D eigenvalue weighted by Crippen LogP contribution is -2.51. The highest BCUT2D eigenvalue weighted by molar-refractivity contribution is 5.95. The van der Waals surface area contributed by atoms with Gasteiger partial charge in [-0.2, -0.15) is 4.57 Å². The average Bonchev–Trinajstić information content (AvgIpc) is 3.17. The van der Waals surface area contributed by atoms with Crippen molar-refractivity contribution >= 4 is 18.0 Å². The number of hydrogen-bond donors (Lipinski definition) is 1. The molecule has 0 spiro atoms. The van der Waals surface area contributed by atoms with E-state index in [0.29, 0.717) is 4.57 Å². The van der Waals surface area contributed by atoms with Crippen molar-refractivity contribution in [3.8, 4) is 0 Å². The van der Waals surface area contributed by atoms with E-state index in [-0.39, 0.29) is 37.2 Å². The largest absolute Gasteiger partial charge is 0.468 e. The maximum absolute atomic E-state index is 13.4. The van der Waals surface area contributed by atoms with Gasteiger partial charge in [0.05, 0.1) is 13.2 Å². The number of benzene rings is 1. The van der Waals surface area contributed by atoms with E-state index in [1.54, 1.807) is 45.9 Å². The summed E-state index contributed by atoms with van der Waals surface area (Å²) in [5.74, 6) is -1.22. The third kappa shape index (κ3) is 5.99. The van der Waals surface area contributed by atoms with Gasteiger partial charge >= 0.3 is 17.8 Å². The highest BCUT2D eigenvalue weighted by atomic mass is 16.6. The molecule has 2 heterocycles. The van der Waals surface area contributed by atoms with Crippen molar-refractivity contribution < 1.29 is 23.9 Å². The Labute approximate surface area is 215 Å². The van der Waals surface area contributed by atoms with Crippen molar-refractivity contribution in [3.05, 3.63) is 68.5 Å². The van der Waals surface area contributed by atoms with Gasteiger partial charge in [-0.15, -0.1) is 0 Å². The second-order valence-electron chi connectivity index (χ2n) is 10.3. The average molecular weight is 515 g/mol. The normalized spacial score (nSPS) is 19.9. The SMILES string of the molecule is COC(=O)[C@]1(C)C[C@H](n2cc(C)c(=O)n(C(=O)c3ccccc3)c2=O)CN1CCNC(=O)OC(C)(C)C. The molecule has 0 saturated carbocycles. The number of nitrogens with zero attached hydrogens (tertiary/aromatic N) is 3. The molecule has 1 aliphatic rings. The maximum Gasteiger partial charge on any atom is 0.407 e. The Morgan fingerprint density at radius 3 is 2.38 bits per heavy atom. The molecule has 1 fully saturated rings. The smallest absolute Gasteiger partial charge is 0.407 e. The van der Waals surface area contributed by atoms with Crippen LogP contribution in [0.1, 0.15) is 56.1 Å². The summed E-state index contributed by atoms with van der Waals surface area (Å²) < 4.78 is 12.3. The van der Waals surface area contributed by atoms with Crippen LogP contribution in [0.25, 0.3) is 0 Å². The van der Waals surface area contributed by atoms with Crippen LogP contribution in [0.5, 0.6) is 0 Å².